The van der Waals surface area contributed by atoms with Gasteiger partial charge in [0.1, 0.15) is 0 Å². The van der Waals surface area contributed by atoms with Crippen LogP contribution in [0.4, 0.5) is 13.2 Å². The van der Waals surface area contributed by atoms with Crippen molar-refractivity contribution in [1.82, 2.24) is 15.4 Å². The van der Waals surface area contributed by atoms with Crippen molar-refractivity contribution in [3.8, 4) is 0 Å². The number of carbonyl (C=O) groups excluding carboxylic acids is 1. The molecule has 6 nitrogen and oxygen atoms in total. The second-order valence-electron chi connectivity index (χ2n) is 4.74. The van der Waals surface area contributed by atoms with Crippen molar-refractivity contribution >= 4 is 27.5 Å². The molecule has 0 heterocycles. The number of amides is 1. The quantitative estimate of drug-likeness (QED) is 0.588. The summed E-state index contributed by atoms with van der Waals surface area (Å²) in [5.74, 6) is -0.375. The molecule has 1 aromatic carbocycles. The molecule has 3 N–H and O–H groups in total. The van der Waals surface area contributed by atoms with E-state index in [2.05, 4.69) is 15.4 Å². The highest BCUT2D eigenvalue weighted by molar-refractivity contribution is 7.89. The first-order chi connectivity index (χ1) is 11.1. The Hall–Kier alpha value is -1.36. The van der Waals surface area contributed by atoms with Crippen molar-refractivity contribution in [3.05, 3.63) is 28.8 Å². The number of carbonyl (C=O) groups is 1. The molecule has 1 amide bonds. The Morgan fingerprint density at radius 2 is 1.88 bits per heavy atom. The van der Waals surface area contributed by atoms with Crippen LogP contribution in [0.15, 0.2) is 23.1 Å². The molecule has 0 aliphatic heterocycles. The van der Waals surface area contributed by atoms with Gasteiger partial charge < -0.3 is 10.6 Å². The molecule has 0 aliphatic rings. The molecule has 0 fully saturated rings. The highest BCUT2D eigenvalue weighted by atomic mass is 35.5. The van der Waals surface area contributed by atoms with E-state index in [0.29, 0.717) is 19.2 Å². The van der Waals surface area contributed by atoms with Crippen molar-refractivity contribution < 1.29 is 26.4 Å². The molecule has 0 aliphatic carbocycles. The Bertz CT molecular complexity index is 681. The van der Waals surface area contributed by atoms with Crippen molar-refractivity contribution in [1.29, 1.82) is 0 Å². The summed E-state index contributed by atoms with van der Waals surface area (Å²) in [6, 6.07) is 2.29. The SMILES string of the molecule is CNCCNC(=O)CCNS(=O)(=O)c1ccc(Cl)c(C(F)(F)F)c1. The summed E-state index contributed by atoms with van der Waals surface area (Å²) in [6.45, 7) is 0.703. The zero-order chi connectivity index (χ0) is 18.4. The Labute approximate surface area is 142 Å². The standard InChI is InChI=1S/C13H17ClF3N3O3S/c1-18-6-7-19-12(21)4-5-20-24(22,23)9-2-3-11(14)10(8-9)13(15,16)17/h2-3,8,18,20H,4-7H2,1H3,(H,19,21). The Morgan fingerprint density at radius 3 is 2.46 bits per heavy atom. The van der Waals surface area contributed by atoms with Gasteiger partial charge in [0.05, 0.1) is 15.5 Å². The number of hydrogen-bond donors (Lipinski definition) is 3. The fraction of sp³-hybridized carbons (Fsp3) is 0.462. The number of halogens is 4. The van der Waals surface area contributed by atoms with Gasteiger partial charge >= 0.3 is 6.18 Å². The molecule has 136 valence electrons. The molecule has 0 saturated heterocycles. The number of rotatable bonds is 8. The van der Waals surface area contributed by atoms with Crippen molar-refractivity contribution in [2.45, 2.75) is 17.5 Å². The van der Waals surface area contributed by atoms with Crippen LogP contribution >= 0.6 is 11.6 Å². The zero-order valence-electron chi connectivity index (χ0n) is 12.7. The van der Waals surface area contributed by atoms with Crippen LogP contribution < -0.4 is 15.4 Å². The predicted octanol–water partition coefficient (Wildman–Crippen LogP) is 1.36. The van der Waals surface area contributed by atoms with Gasteiger partial charge in [-0.15, -0.1) is 0 Å². The summed E-state index contributed by atoms with van der Waals surface area (Å²) in [7, 11) is -2.47. The number of hydrogen-bond acceptors (Lipinski definition) is 4. The largest absolute Gasteiger partial charge is 0.417 e. The van der Waals surface area contributed by atoms with E-state index in [9.17, 15) is 26.4 Å². The molecule has 0 aromatic heterocycles. The maximum absolute atomic E-state index is 12.8. The van der Waals surface area contributed by atoms with E-state index in [-0.39, 0.29) is 18.9 Å². The molecular weight excluding hydrogens is 371 g/mol. The molecule has 0 bridgehead atoms. The first-order valence-electron chi connectivity index (χ1n) is 6.85. The van der Waals surface area contributed by atoms with Crippen LogP contribution in [0.5, 0.6) is 0 Å². The summed E-state index contributed by atoms with van der Waals surface area (Å²) in [5, 5.41) is 4.77. The van der Waals surface area contributed by atoms with Crippen LogP contribution in [-0.4, -0.2) is 41.0 Å². The molecule has 0 spiro atoms. The second-order valence-corrected chi connectivity index (χ2v) is 6.91. The molecule has 0 unspecified atom stereocenters. The minimum Gasteiger partial charge on any atom is -0.355 e. The van der Waals surface area contributed by atoms with Gasteiger partial charge in [0.25, 0.3) is 0 Å². The summed E-state index contributed by atoms with van der Waals surface area (Å²) in [6.07, 6.45) is -4.90. The van der Waals surface area contributed by atoms with Crippen LogP contribution in [0.1, 0.15) is 12.0 Å². The van der Waals surface area contributed by atoms with Gasteiger partial charge in [-0.05, 0) is 25.2 Å². The maximum atomic E-state index is 12.8. The lowest BCUT2D eigenvalue weighted by Crippen LogP contribution is -2.33. The predicted molar refractivity (Wildman–Crippen MR) is 83.2 cm³/mol. The van der Waals surface area contributed by atoms with E-state index >= 15 is 0 Å². The minimum atomic E-state index is -4.77. The van der Waals surface area contributed by atoms with Crippen LogP contribution in [0, 0.1) is 0 Å². The zero-order valence-corrected chi connectivity index (χ0v) is 14.3. The second kappa shape index (κ2) is 8.65. The van der Waals surface area contributed by atoms with Gasteiger partial charge in [-0.1, -0.05) is 11.6 Å². The third-order valence-electron chi connectivity index (χ3n) is 2.89. The molecule has 0 atom stereocenters. The topological polar surface area (TPSA) is 87.3 Å². The van der Waals surface area contributed by atoms with Crippen LogP contribution in [0.2, 0.25) is 5.02 Å². The van der Waals surface area contributed by atoms with Gasteiger partial charge in [-0.2, -0.15) is 13.2 Å². The average Bonchev–Trinajstić information content (AvgIpc) is 2.46. The number of alkyl halides is 3. The van der Waals surface area contributed by atoms with Gasteiger partial charge in [-0.3, -0.25) is 4.79 Å². The Morgan fingerprint density at radius 1 is 1.21 bits per heavy atom. The summed E-state index contributed by atoms with van der Waals surface area (Å²) < 4.78 is 64.4. The van der Waals surface area contributed by atoms with E-state index in [1.165, 1.54) is 0 Å². The van der Waals surface area contributed by atoms with E-state index < -0.39 is 31.7 Å². The third kappa shape index (κ3) is 6.27. The lowest BCUT2D eigenvalue weighted by Gasteiger charge is -2.12. The van der Waals surface area contributed by atoms with Gasteiger partial charge in [0, 0.05) is 26.1 Å². The number of likely N-dealkylation sites (N-methyl/N-ethyl adjacent to an activating group) is 1. The van der Waals surface area contributed by atoms with Crippen molar-refractivity contribution in [2.24, 2.45) is 0 Å². The first kappa shape index (κ1) is 20.7. The third-order valence-corrected chi connectivity index (χ3v) is 4.68. The van der Waals surface area contributed by atoms with Crippen LogP contribution in [0.3, 0.4) is 0 Å². The number of benzene rings is 1. The highest BCUT2D eigenvalue weighted by Gasteiger charge is 2.34. The molecule has 1 rings (SSSR count). The average molecular weight is 388 g/mol. The molecule has 0 saturated carbocycles. The van der Waals surface area contributed by atoms with E-state index in [4.69, 9.17) is 11.6 Å². The van der Waals surface area contributed by atoms with Crippen molar-refractivity contribution in [3.63, 3.8) is 0 Å². The van der Waals surface area contributed by atoms with E-state index in [1.54, 1.807) is 7.05 Å². The summed E-state index contributed by atoms with van der Waals surface area (Å²) in [4.78, 5) is 10.9. The highest BCUT2D eigenvalue weighted by Crippen LogP contribution is 2.35. The first-order valence-corrected chi connectivity index (χ1v) is 8.72. The molecule has 11 heteroatoms. The van der Waals surface area contributed by atoms with Gasteiger partial charge in [-0.25, -0.2) is 13.1 Å². The molecule has 1 aromatic rings. The normalized spacial score (nSPS) is 12.2. The van der Waals surface area contributed by atoms with E-state index in [0.717, 1.165) is 12.1 Å². The van der Waals surface area contributed by atoms with Gasteiger partial charge in [0.2, 0.25) is 15.9 Å². The smallest absolute Gasteiger partial charge is 0.355 e. The molecule has 24 heavy (non-hydrogen) atoms. The van der Waals surface area contributed by atoms with Crippen LogP contribution in [-0.2, 0) is 21.0 Å². The number of nitrogens with one attached hydrogen (secondary N) is 3. The summed E-state index contributed by atoms with van der Waals surface area (Å²) in [5.41, 5.74) is -1.24. The lowest BCUT2D eigenvalue weighted by molar-refractivity contribution is -0.137. The maximum Gasteiger partial charge on any atom is 0.417 e. The molecule has 0 radical (unpaired) electrons. The van der Waals surface area contributed by atoms with Crippen LogP contribution in [0.25, 0.3) is 0 Å². The minimum absolute atomic E-state index is 0.136. The fourth-order valence-electron chi connectivity index (χ4n) is 1.69. The molecular formula is C13H17ClF3N3O3S. The summed E-state index contributed by atoms with van der Waals surface area (Å²) >= 11 is 5.44. The lowest BCUT2D eigenvalue weighted by atomic mass is 10.2. The van der Waals surface area contributed by atoms with Crippen molar-refractivity contribution in [2.75, 3.05) is 26.7 Å². The number of sulfonamides is 1. The monoisotopic (exact) mass is 387 g/mol. The van der Waals surface area contributed by atoms with Gasteiger partial charge in [0.15, 0.2) is 0 Å². The fourth-order valence-corrected chi connectivity index (χ4v) is 2.97. The Kier molecular flexibility index (Phi) is 7.46. The Balaban J connectivity index is 2.71. The van der Waals surface area contributed by atoms with E-state index in [1.807, 2.05) is 0 Å².